The first-order valence-corrected chi connectivity index (χ1v) is 7.04. The minimum atomic E-state index is -0.426. The Morgan fingerprint density at radius 3 is 3.05 bits per heavy atom. The lowest BCUT2D eigenvalue weighted by molar-refractivity contribution is 0.0945. The molecule has 0 fully saturated rings. The number of hydrogen-bond acceptors (Lipinski definition) is 2. The van der Waals surface area contributed by atoms with E-state index in [1.165, 1.54) is 18.2 Å². The van der Waals surface area contributed by atoms with E-state index in [0.29, 0.717) is 16.6 Å². The van der Waals surface area contributed by atoms with E-state index in [9.17, 15) is 9.18 Å². The van der Waals surface area contributed by atoms with Crippen LogP contribution in [0.5, 0.6) is 0 Å². The van der Waals surface area contributed by atoms with Gasteiger partial charge in [0.05, 0.1) is 11.9 Å². The molecule has 1 N–H and O–H groups in total. The number of amides is 1. The number of aromatic nitrogens is 2. The lowest BCUT2D eigenvalue weighted by Crippen LogP contribution is -2.30. The van der Waals surface area contributed by atoms with E-state index in [1.54, 1.807) is 12.5 Å². The van der Waals surface area contributed by atoms with Crippen molar-refractivity contribution in [2.24, 2.45) is 5.92 Å². The van der Waals surface area contributed by atoms with Gasteiger partial charge in [-0.2, -0.15) is 0 Å². The van der Waals surface area contributed by atoms with Crippen LogP contribution < -0.4 is 5.32 Å². The number of nitrogens with one attached hydrogen (secondary N) is 1. The van der Waals surface area contributed by atoms with Crippen LogP contribution in [0.4, 0.5) is 4.39 Å². The first-order valence-electron chi connectivity index (χ1n) is 6.25. The molecule has 0 spiro atoms. The molecule has 106 valence electrons. The fourth-order valence-electron chi connectivity index (χ4n) is 1.85. The summed E-state index contributed by atoms with van der Waals surface area (Å²) in [6, 6.07) is 4.06. The molecule has 0 saturated carbocycles. The van der Waals surface area contributed by atoms with Gasteiger partial charge < -0.3 is 9.88 Å². The highest BCUT2D eigenvalue weighted by molar-refractivity contribution is 9.10. The van der Waals surface area contributed by atoms with Crippen LogP contribution in [-0.2, 0) is 6.54 Å². The van der Waals surface area contributed by atoms with E-state index in [0.717, 1.165) is 6.54 Å². The van der Waals surface area contributed by atoms with Gasteiger partial charge in [-0.15, -0.1) is 0 Å². The molecule has 1 atom stereocenters. The molecule has 0 aliphatic rings. The van der Waals surface area contributed by atoms with Crippen LogP contribution in [0.25, 0.3) is 0 Å². The zero-order valence-electron chi connectivity index (χ0n) is 11.0. The molecule has 6 heteroatoms. The number of hydrogen-bond donors (Lipinski definition) is 1. The van der Waals surface area contributed by atoms with Crippen LogP contribution in [0.3, 0.4) is 0 Å². The third-order valence-electron chi connectivity index (χ3n) is 2.87. The highest BCUT2D eigenvalue weighted by atomic mass is 79.9. The highest BCUT2D eigenvalue weighted by Gasteiger charge is 2.12. The molecule has 0 bridgehead atoms. The van der Waals surface area contributed by atoms with E-state index < -0.39 is 5.82 Å². The first-order chi connectivity index (χ1) is 9.56. The number of carbonyl (C=O) groups excluding carboxylic acids is 1. The number of imidazole rings is 1. The Morgan fingerprint density at radius 2 is 2.35 bits per heavy atom. The first kappa shape index (κ1) is 14.7. The molecular formula is C14H15BrFN3O. The molecule has 1 aromatic carbocycles. The van der Waals surface area contributed by atoms with Crippen LogP contribution >= 0.6 is 15.9 Å². The van der Waals surface area contributed by atoms with Crippen molar-refractivity contribution in [3.63, 3.8) is 0 Å². The maximum Gasteiger partial charge on any atom is 0.252 e. The van der Waals surface area contributed by atoms with Gasteiger partial charge in [-0.3, -0.25) is 4.79 Å². The smallest absolute Gasteiger partial charge is 0.252 e. The van der Waals surface area contributed by atoms with Crippen molar-refractivity contribution in [2.75, 3.05) is 6.54 Å². The van der Waals surface area contributed by atoms with Gasteiger partial charge in [-0.1, -0.05) is 6.92 Å². The van der Waals surface area contributed by atoms with Crippen LogP contribution in [0.1, 0.15) is 17.3 Å². The van der Waals surface area contributed by atoms with Gasteiger partial charge in [0, 0.05) is 30.0 Å². The third kappa shape index (κ3) is 3.90. The molecule has 0 radical (unpaired) electrons. The van der Waals surface area contributed by atoms with Crippen molar-refractivity contribution in [1.29, 1.82) is 0 Å². The Labute approximate surface area is 125 Å². The van der Waals surface area contributed by atoms with E-state index in [1.807, 2.05) is 17.7 Å². The van der Waals surface area contributed by atoms with Crippen molar-refractivity contribution in [3.05, 3.63) is 52.8 Å². The second kappa shape index (κ2) is 6.65. The van der Waals surface area contributed by atoms with Crippen LogP contribution in [0.2, 0.25) is 0 Å². The van der Waals surface area contributed by atoms with Gasteiger partial charge in [0.2, 0.25) is 0 Å². The monoisotopic (exact) mass is 339 g/mol. The van der Waals surface area contributed by atoms with Crippen LogP contribution in [0, 0.1) is 11.7 Å². The molecule has 20 heavy (non-hydrogen) atoms. The standard InChI is InChI=1S/C14H15BrFN3O/c1-10(8-19-5-4-17-9-19)7-18-14(20)12-6-11(16)2-3-13(12)15/h2-6,9-10H,7-8H2,1H3,(H,18,20)/t10-/m0/s1. The summed E-state index contributed by atoms with van der Waals surface area (Å²) in [6.07, 6.45) is 5.33. The predicted octanol–water partition coefficient (Wildman–Crippen LogP) is 2.85. The molecule has 2 rings (SSSR count). The summed E-state index contributed by atoms with van der Waals surface area (Å²) in [5.41, 5.74) is 0.305. The average Bonchev–Trinajstić information content (AvgIpc) is 2.91. The van der Waals surface area contributed by atoms with E-state index in [-0.39, 0.29) is 11.8 Å². The summed E-state index contributed by atoms with van der Waals surface area (Å²) in [6.45, 7) is 3.31. The Bertz CT molecular complexity index is 586. The fourth-order valence-corrected chi connectivity index (χ4v) is 2.28. The maximum atomic E-state index is 13.1. The summed E-state index contributed by atoms with van der Waals surface area (Å²) in [7, 11) is 0. The quantitative estimate of drug-likeness (QED) is 0.910. The van der Waals surface area contributed by atoms with Gasteiger partial charge in [-0.25, -0.2) is 9.37 Å². The van der Waals surface area contributed by atoms with Crippen molar-refractivity contribution < 1.29 is 9.18 Å². The Morgan fingerprint density at radius 1 is 1.55 bits per heavy atom. The van der Waals surface area contributed by atoms with Gasteiger partial charge >= 0.3 is 0 Å². The predicted molar refractivity (Wildman–Crippen MR) is 77.8 cm³/mol. The van der Waals surface area contributed by atoms with Crippen molar-refractivity contribution >= 4 is 21.8 Å². The van der Waals surface area contributed by atoms with E-state index >= 15 is 0 Å². The molecule has 4 nitrogen and oxygen atoms in total. The Kier molecular flexibility index (Phi) is 4.89. The number of carbonyl (C=O) groups is 1. The normalized spacial score (nSPS) is 12.2. The van der Waals surface area contributed by atoms with Crippen LogP contribution in [-0.4, -0.2) is 22.0 Å². The van der Waals surface area contributed by atoms with Gasteiger partial charge in [0.15, 0.2) is 0 Å². The summed E-state index contributed by atoms with van der Waals surface area (Å²) >= 11 is 3.25. The van der Waals surface area contributed by atoms with Crippen LogP contribution in [0.15, 0.2) is 41.4 Å². The summed E-state index contributed by atoms with van der Waals surface area (Å²) < 4.78 is 15.7. The summed E-state index contributed by atoms with van der Waals surface area (Å²) in [5, 5.41) is 2.81. The number of halogens is 2. The molecule has 0 aliphatic carbocycles. The maximum absolute atomic E-state index is 13.1. The Hall–Kier alpha value is -1.69. The molecule has 1 heterocycles. The number of nitrogens with zero attached hydrogens (tertiary/aromatic N) is 2. The second-order valence-corrected chi connectivity index (χ2v) is 5.55. The highest BCUT2D eigenvalue weighted by Crippen LogP contribution is 2.17. The molecule has 0 aliphatic heterocycles. The lowest BCUT2D eigenvalue weighted by Gasteiger charge is -2.13. The van der Waals surface area contributed by atoms with Crippen molar-refractivity contribution in [3.8, 4) is 0 Å². The number of benzene rings is 1. The van der Waals surface area contributed by atoms with Crippen molar-refractivity contribution in [1.82, 2.24) is 14.9 Å². The SMILES string of the molecule is C[C@@H](CNC(=O)c1cc(F)ccc1Br)Cn1ccnc1. The minimum Gasteiger partial charge on any atom is -0.352 e. The zero-order chi connectivity index (χ0) is 14.5. The molecule has 1 aromatic heterocycles. The largest absolute Gasteiger partial charge is 0.352 e. The second-order valence-electron chi connectivity index (χ2n) is 4.70. The Balaban J connectivity index is 1.90. The molecule has 2 aromatic rings. The average molecular weight is 340 g/mol. The van der Waals surface area contributed by atoms with E-state index in [2.05, 4.69) is 26.2 Å². The van der Waals surface area contributed by atoms with Gasteiger partial charge in [-0.05, 0) is 40.0 Å². The lowest BCUT2D eigenvalue weighted by atomic mass is 10.1. The summed E-state index contributed by atoms with van der Waals surface area (Å²) in [5.74, 6) is -0.459. The molecular weight excluding hydrogens is 325 g/mol. The summed E-state index contributed by atoms with van der Waals surface area (Å²) in [4.78, 5) is 16.0. The minimum absolute atomic E-state index is 0.250. The molecule has 0 saturated heterocycles. The molecule has 1 amide bonds. The number of rotatable bonds is 5. The van der Waals surface area contributed by atoms with Crippen molar-refractivity contribution in [2.45, 2.75) is 13.5 Å². The topological polar surface area (TPSA) is 46.9 Å². The third-order valence-corrected chi connectivity index (χ3v) is 3.56. The van der Waals surface area contributed by atoms with Gasteiger partial charge in [0.25, 0.3) is 5.91 Å². The fraction of sp³-hybridized carbons (Fsp3) is 0.286. The molecule has 0 unspecified atom stereocenters. The van der Waals surface area contributed by atoms with E-state index in [4.69, 9.17) is 0 Å². The van der Waals surface area contributed by atoms with Gasteiger partial charge in [0.1, 0.15) is 5.82 Å². The zero-order valence-corrected chi connectivity index (χ0v) is 12.6.